The Balaban J connectivity index is 3.00. The molecule has 1 unspecified atom stereocenters. The second kappa shape index (κ2) is 5.77. The molecule has 0 fully saturated rings. The lowest BCUT2D eigenvalue weighted by Gasteiger charge is -2.17. The van der Waals surface area contributed by atoms with Gasteiger partial charge in [0.25, 0.3) is 0 Å². The first kappa shape index (κ1) is 13.6. The van der Waals surface area contributed by atoms with Gasteiger partial charge in [-0.1, -0.05) is 44.3 Å². The van der Waals surface area contributed by atoms with E-state index in [1.54, 1.807) is 6.92 Å². The second-order valence-corrected chi connectivity index (χ2v) is 4.71. The maximum absolute atomic E-state index is 10.8. The normalized spacial score (nSPS) is 12.2. The first-order valence-corrected chi connectivity index (χ1v) is 5.97. The molecule has 92 valence electrons. The molecule has 0 aliphatic heterocycles. The van der Waals surface area contributed by atoms with Crippen molar-refractivity contribution < 1.29 is 9.90 Å². The van der Waals surface area contributed by atoms with Crippen molar-refractivity contribution in [2.24, 2.45) is 5.92 Å². The fourth-order valence-electron chi connectivity index (χ4n) is 1.43. The van der Waals surface area contributed by atoms with Crippen LogP contribution >= 0.6 is 12.2 Å². The molecule has 1 aromatic carbocycles. The van der Waals surface area contributed by atoms with E-state index in [1.165, 1.54) is 0 Å². The monoisotopic (exact) mass is 251 g/mol. The number of benzene rings is 1. The Bertz CT molecular complexity index is 429. The summed E-state index contributed by atoms with van der Waals surface area (Å²) in [6.07, 6.45) is 0. The molecule has 3 nitrogen and oxygen atoms in total. The van der Waals surface area contributed by atoms with Crippen LogP contribution in [-0.2, 0) is 4.79 Å². The maximum atomic E-state index is 10.8. The van der Waals surface area contributed by atoms with E-state index in [4.69, 9.17) is 17.3 Å². The number of carbonyl (C=O) groups is 1. The SMILES string of the molecule is CC(C)C(=S)c1ccccc1NC(C)C(=O)O. The highest BCUT2D eigenvalue weighted by Gasteiger charge is 2.15. The summed E-state index contributed by atoms with van der Waals surface area (Å²) >= 11 is 5.36. The Morgan fingerprint density at radius 3 is 2.41 bits per heavy atom. The number of aliphatic carboxylic acids is 1. The van der Waals surface area contributed by atoms with Gasteiger partial charge in [-0.2, -0.15) is 0 Å². The Labute approximate surface area is 107 Å². The van der Waals surface area contributed by atoms with Crippen LogP contribution in [0.2, 0.25) is 0 Å². The van der Waals surface area contributed by atoms with Gasteiger partial charge in [0.05, 0.1) is 0 Å². The van der Waals surface area contributed by atoms with E-state index in [0.717, 1.165) is 16.1 Å². The van der Waals surface area contributed by atoms with Crippen molar-refractivity contribution in [2.45, 2.75) is 26.8 Å². The molecule has 4 heteroatoms. The molecule has 0 heterocycles. The average molecular weight is 251 g/mol. The van der Waals surface area contributed by atoms with Gasteiger partial charge in [0.1, 0.15) is 6.04 Å². The molecule has 0 amide bonds. The first-order valence-electron chi connectivity index (χ1n) is 5.56. The third kappa shape index (κ3) is 3.53. The van der Waals surface area contributed by atoms with Crippen molar-refractivity contribution in [3.05, 3.63) is 29.8 Å². The van der Waals surface area contributed by atoms with Gasteiger partial charge in [0, 0.05) is 16.1 Å². The fraction of sp³-hybridized carbons (Fsp3) is 0.385. The van der Waals surface area contributed by atoms with Crippen LogP contribution < -0.4 is 5.32 Å². The Morgan fingerprint density at radius 1 is 1.29 bits per heavy atom. The molecule has 0 aromatic heterocycles. The zero-order valence-electron chi connectivity index (χ0n) is 10.2. The molecule has 1 atom stereocenters. The van der Waals surface area contributed by atoms with E-state index >= 15 is 0 Å². The summed E-state index contributed by atoms with van der Waals surface area (Å²) in [6, 6.07) is 6.90. The molecule has 0 aliphatic rings. The van der Waals surface area contributed by atoms with Gasteiger partial charge in [-0.3, -0.25) is 4.79 Å². The number of anilines is 1. The van der Waals surface area contributed by atoms with E-state index in [1.807, 2.05) is 38.1 Å². The third-order valence-corrected chi connectivity index (χ3v) is 3.15. The molecular weight excluding hydrogens is 234 g/mol. The predicted octanol–water partition coefficient (Wildman–Crippen LogP) is 2.95. The molecule has 2 N–H and O–H groups in total. The van der Waals surface area contributed by atoms with Crippen molar-refractivity contribution in [1.29, 1.82) is 0 Å². The van der Waals surface area contributed by atoms with E-state index < -0.39 is 12.0 Å². The van der Waals surface area contributed by atoms with Crippen LogP contribution in [0.15, 0.2) is 24.3 Å². The molecular formula is C13H17NO2S. The Hall–Kier alpha value is -1.42. The number of carboxylic acid groups (broad SMARTS) is 1. The van der Waals surface area contributed by atoms with Crippen molar-refractivity contribution in [3.8, 4) is 0 Å². The topological polar surface area (TPSA) is 49.3 Å². The second-order valence-electron chi connectivity index (χ2n) is 4.27. The lowest BCUT2D eigenvalue weighted by atomic mass is 10.0. The van der Waals surface area contributed by atoms with E-state index in [0.29, 0.717) is 0 Å². The van der Waals surface area contributed by atoms with Crippen molar-refractivity contribution in [2.75, 3.05) is 5.32 Å². The summed E-state index contributed by atoms with van der Waals surface area (Å²) in [6.45, 7) is 5.66. The number of thiocarbonyl (C=S) groups is 1. The summed E-state index contributed by atoms with van der Waals surface area (Å²) in [5.74, 6) is -0.622. The van der Waals surface area contributed by atoms with Gasteiger partial charge in [0.15, 0.2) is 0 Å². The number of rotatable bonds is 5. The summed E-state index contributed by atoms with van der Waals surface area (Å²) < 4.78 is 0. The molecule has 0 spiro atoms. The average Bonchev–Trinajstić information content (AvgIpc) is 2.28. The number of hydrogen-bond donors (Lipinski definition) is 2. The van der Waals surface area contributed by atoms with Crippen LogP contribution in [-0.4, -0.2) is 22.0 Å². The smallest absolute Gasteiger partial charge is 0.325 e. The number of nitrogens with one attached hydrogen (secondary N) is 1. The molecule has 1 rings (SSSR count). The zero-order valence-corrected chi connectivity index (χ0v) is 11.0. The molecule has 1 aromatic rings. The van der Waals surface area contributed by atoms with E-state index in [2.05, 4.69) is 5.32 Å². The van der Waals surface area contributed by atoms with Crippen LogP contribution in [0.4, 0.5) is 5.69 Å². The highest BCUT2D eigenvalue weighted by molar-refractivity contribution is 7.80. The number of carboxylic acids is 1. The largest absolute Gasteiger partial charge is 0.480 e. The lowest BCUT2D eigenvalue weighted by molar-refractivity contribution is -0.137. The van der Waals surface area contributed by atoms with E-state index in [9.17, 15) is 4.79 Å². The molecule has 0 bridgehead atoms. The summed E-state index contributed by atoms with van der Waals surface area (Å²) in [5.41, 5.74) is 1.69. The summed E-state index contributed by atoms with van der Waals surface area (Å²) in [5, 5.41) is 11.8. The predicted molar refractivity (Wildman–Crippen MR) is 73.7 cm³/mol. The van der Waals surface area contributed by atoms with Gasteiger partial charge in [-0.25, -0.2) is 0 Å². The molecule has 17 heavy (non-hydrogen) atoms. The Kier molecular flexibility index (Phi) is 4.63. The van der Waals surface area contributed by atoms with Gasteiger partial charge in [-0.15, -0.1) is 0 Å². The van der Waals surface area contributed by atoms with Crippen LogP contribution in [0.25, 0.3) is 0 Å². The molecule has 0 saturated carbocycles. The standard InChI is InChI=1S/C13H17NO2S/c1-8(2)12(17)10-6-4-5-7-11(10)14-9(3)13(15)16/h4-9,14H,1-3H3,(H,15,16). The molecule has 0 aliphatic carbocycles. The number of para-hydroxylation sites is 1. The van der Waals surface area contributed by atoms with Gasteiger partial charge < -0.3 is 10.4 Å². The van der Waals surface area contributed by atoms with E-state index in [-0.39, 0.29) is 5.92 Å². The highest BCUT2D eigenvalue weighted by atomic mass is 32.1. The first-order chi connectivity index (χ1) is 7.93. The minimum Gasteiger partial charge on any atom is -0.480 e. The van der Waals surface area contributed by atoms with Crippen LogP contribution in [0.1, 0.15) is 26.3 Å². The van der Waals surface area contributed by atoms with Gasteiger partial charge in [0.2, 0.25) is 0 Å². The zero-order chi connectivity index (χ0) is 13.0. The molecule has 0 saturated heterocycles. The highest BCUT2D eigenvalue weighted by Crippen LogP contribution is 2.20. The summed E-state index contributed by atoms with van der Waals surface area (Å²) in [7, 11) is 0. The number of hydrogen-bond acceptors (Lipinski definition) is 3. The molecule has 0 radical (unpaired) electrons. The van der Waals surface area contributed by atoms with Crippen molar-refractivity contribution in [1.82, 2.24) is 0 Å². The van der Waals surface area contributed by atoms with Crippen molar-refractivity contribution >= 4 is 28.7 Å². The van der Waals surface area contributed by atoms with Crippen molar-refractivity contribution in [3.63, 3.8) is 0 Å². The quantitative estimate of drug-likeness (QED) is 0.624. The Morgan fingerprint density at radius 2 is 1.88 bits per heavy atom. The van der Waals surface area contributed by atoms with Crippen LogP contribution in [0.5, 0.6) is 0 Å². The fourth-order valence-corrected chi connectivity index (χ4v) is 1.61. The van der Waals surface area contributed by atoms with Gasteiger partial charge in [-0.05, 0) is 18.9 Å². The lowest BCUT2D eigenvalue weighted by Crippen LogP contribution is -2.26. The minimum absolute atomic E-state index is 0.257. The van der Waals surface area contributed by atoms with Crippen LogP contribution in [0, 0.1) is 5.92 Å². The van der Waals surface area contributed by atoms with Crippen LogP contribution in [0.3, 0.4) is 0 Å². The maximum Gasteiger partial charge on any atom is 0.325 e. The van der Waals surface area contributed by atoms with Gasteiger partial charge >= 0.3 is 5.97 Å². The summed E-state index contributed by atoms with van der Waals surface area (Å²) in [4.78, 5) is 11.7. The third-order valence-electron chi connectivity index (χ3n) is 2.46. The minimum atomic E-state index is -0.879.